The van der Waals surface area contributed by atoms with Crippen molar-refractivity contribution in [2.24, 2.45) is 5.92 Å². The van der Waals surface area contributed by atoms with Gasteiger partial charge in [-0.15, -0.1) is 0 Å². The van der Waals surface area contributed by atoms with Gasteiger partial charge in [-0.25, -0.2) is 0 Å². The topological polar surface area (TPSA) is 73.9 Å². The van der Waals surface area contributed by atoms with Crippen LogP contribution in [-0.2, 0) is 4.79 Å². The van der Waals surface area contributed by atoms with E-state index in [0.717, 1.165) is 52.8 Å². The maximum absolute atomic E-state index is 13.0. The zero-order valence-corrected chi connectivity index (χ0v) is 22.9. The number of hydrogen-bond acceptors (Lipinski definition) is 5. The average molecular weight is 570 g/mol. The van der Waals surface area contributed by atoms with Gasteiger partial charge >= 0.3 is 0 Å². The molecule has 1 aliphatic rings. The molecule has 0 radical (unpaired) electrons. The predicted octanol–water partition coefficient (Wildman–Crippen LogP) is 5.04. The average Bonchev–Trinajstić information content (AvgIpc) is 2.88. The second kappa shape index (κ2) is 11.3. The molecule has 2 N–H and O–H groups in total. The first-order chi connectivity index (χ1) is 17.3. The fourth-order valence-corrected chi connectivity index (χ4v) is 5.24. The number of halogens is 1. The number of ether oxygens (including phenoxy) is 1. The summed E-state index contributed by atoms with van der Waals surface area (Å²) >= 11 is 8.95. The van der Waals surface area contributed by atoms with Gasteiger partial charge in [0.05, 0.1) is 17.1 Å². The van der Waals surface area contributed by atoms with Gasteiger partial charge in [0.15, 0.2) is 5.11 Å². The van der Waals surface area contributed by atoms with Crippen LogP contribution in [0, 0.1) is 5.92 Å². The molecule has 1 heterocycles. The molecule has 2 amide bonds. The highest BCUT2D eigenvalue weighted by Gasteiger charge is 2.23. The maximum Gasteiger partial charge on any atom is 0.261 e. The first-order valence-corrected chi connectivity index (χ1v) is 13.0. The smallest absolute Gasteiger partial charge is 0.261 e. The summed E-state index contributed by atoms with van der Waals surface area (Å²) in [5, 5.41) is 7.89. The summed E-state index contributed by atoms with van der Waals surface area (Å²) in [4.78, 5) is 29.4. The summed E-state index contributed by atoms with van der Waals surface area (Å²) in [5.41, 5.74) is 2.24. The molecule has 3 aromatic rings. The van der Waals surface area contributed by atoms with Crippen LogP contribution in [0.5, 0.6) is 5.75 Å². The Bertz CT molecular complexity index is 1290. The Kier molecular flexibility index (Phi) is 8.11. The highest BCUT2D eigenvalue weighted by Crippen LogP contribution is 2.36. The summed E-state index contributed by atoms with van der Waals surface area (Å²) in [6.45, 7) is 6.91. The van der Waals surface area contributed by atoms with Crippen LogP contribution in [0.25, 0.3) is 10.8 Å². The number of carbonyl (C=O) groups excluding carboxylic acids is 2. The van der Waals surface area contributed by atoms with Crippen molar-refractivity contribution in [3.63, 3.8) is 0 Å². The number of amides is 2. The molecular weight excluding hydrogens is 540 g/mol. The van der Waals surface area contributed by atoms with Crippen LogP contribution < -0.4 is 20.3 Å². The lowest BCUT2D eigenvalue weighted by Crippen LogP contribution is -2.49. The molecule has 0 unspecified atom stereocenters. The zero-order chi connectivity index (χ0) is 25.8. The van der Waals surface area contributed by atoms with E-state index in [1.54, 1.807) is 6.07 Å². The fourth-order valence-electron chi connectivity index (χ4n) is 4.29. The minimum Gasteiger partial charge on any atom is -0.495 e. The van der Waals surface area contributed by atoms with Crippen molar-refractivity contribution in [3.05, 3.63) is 64.6 Å². The van der Waals surface area contributed by atoms with Crippen LogP contribution in [0.15, 0.2) is 59.1 Å². The number of benzene rings is 3. The third kappa shape index (κ3) is 5.63. The van der Waals surface area contributed by atoms with Crippen molar-refractivity contribution in [1.29, 1.82) is 0 Å². The van der Waals surface area contributed by atoms with E-state index in [-0.39, 0.29) is 22.8 Å². The van der Waals surface area contributed by atoms with Gasteiger partial charge in [-0.1, -0.05) is 38.1 Å². The molecule has 0 aromatic heterocycles. The molecule has 9 heteroatoms. The second-order valence-electron chi connectivity index (χ2n) is 8.91. The Labute approximate surface area is 224 Å². The maximum atomic E-state index is 13.0. The lowest BCUT2D eigenvalue weighted by atomic mass is 10.1. The van der Waals surface area contributed by atoms with Crippen LogP contribution in [0.2, 0.25) is 0 Å². The molecule has 1 fully saturated rings. The number of nitrogens with zero attached hydrogens (tertiary/aromatic N) is 2. The first-order valence-electron chi connectivity index (χ1n) is 11.8. The van der Waals surface area contributed by atoms with E-state index in [0.29, 0.717) is 11.3 Å². The van der Waals surface area contributed by atoms with Gasteiger partial charge in [-0.3, -0.25) is 14.9 Å². The summed E-state index contributed by atoms with van der Waals surface area (Å²) < 4.78 is 6.23. The van der Waals surface area contributed by atoms with Crippen molar-refractivity contribution in [3.8, 4) is 5.75 Å². The van der Waals surface area contributed by atoms with Gasteiger partial charge in [0, 0.05) is 43.5 Å². The SMILES string of the molecule is COc1c(C(=O)NC(=S)Nc2ccc(N3CCN(C(=O)C(C)C)CC3)cc2)cc2ccccc2c1Br. The quantitative estimate of drug-likeness (QED) is 0.420. The minimum absolute atomic E-state index is 0.0232. The molecule has 3 aromatic carbocycles. The molecule has 188 valence electrons. The van der Waals surface area contributed by atoms with Crippen LogP contribution in [0.3, 0.4) is 0 Å². The van der Waals surface area contributed by atoms with E-state index in [4.69, 9.17) is 17.0 Å². The largest absolute Gasteiger partial charge is 0.495 e. The number of carbonyl (C=O) groups is 2. The predicted molar refractivity (Wildman–Crippen MR) is 152 cm³/mol. The van der Waals surface area contributed by atoms with Crippen molar-refractivity contribution in [2.75, 3.05) is 43.5 Å². The standard InChI is InChI=1S/C27H29BrN4O3S/c1-17(2)26(34)32-14-12-31(13-15-32)20-10-8-19(9-11-20)29-27(36)30-25(33)22-16-18-6-4-5-7-21(18)23(28)24(22)35-3/h4-11,16-17H,12-15H2,1-3H3,(H2,29,30,33,36). The lowest BCUT2D eigenvalue weighted by molar-refractivity contribution is -0.134. The molecule has 0 saturated carbocycles. The van der Waals surface area contributed by atoms with Gasteiger partial charge in [-0.05, 0) is 69.3 Å². The van der Waals surface area contributed by atoms with E-state index in [9.17, 15) is 9.59 Å². The summed E-state index contributed by atoms with van der Waals surface area (Å²) in [6.07, 6.45) is 0. The van der Waals surface area contributed by atoms with E-state index >= 15 is 0 Å². The van der Waals surface area contributed by atoms with Crippen LogP contribution in [0.1, 0.15) is 24.2 Å². The molecule has 0 spiro atoms. The Balaban J connectivity index is 1.37. The third-order valence-corrected chi connectivity index (χ3v) is 7.18. The van der Waals surface area contributed by atoms with Crippen molar-refractivity contribution < 1.29 is 14.3 Å². The van der Waals surface area contributed by atoms with Crippen LogP contribution in [-0.4, -0.2) is 55.1 Å². The summed E-state index contributed by atoms with van der Waals surface area (Å²) in [6, 6.07) is 17.4. The Morgan fingerprint density at radius 2 is 1.69 bits per heavy atom. The molecule has 0 aliphatic carbocycles. The number of nitrogens with one attached hydrogen (secondary N) is 2. The lowest BCUT2D eigenvalue weighted by Gasteiger charge is -2.37. The highest BCUT2D eigenvalue weighted by atomic mass is 79.9. The second-order valence-corrected chi connectivity index (χ2v) is 10.1. The molecule has 4 rings (SSSR count). The van der Waals surface area contributed by atoms with Gasteiger partial charge in [0.25, 0.3) is 5.91 Å². The Morgan fingerprint density at radius 1 is 1.03 bits per heavy atom. The van der Waals surface area contributed by atoms with Crippen molar-refractivity contribution >= 4 is 67.2 Å². The third-order valence-electron chi connectivity index (χ3n) is 6.19. The van der Waals surface area contributed by atoms with E-state index in [1.165, 1.54) is 7.11 Å². The van der Waals surface area contributed by atoms with Crippen molar-refractivity contribution in [2.45, 2.75) is 13.8 Å². The molecule has 7 nitrogen and oxygen atoms in total. The number of thiocarbonyl (C=S) groups is 1. The van der Waals surface area contributed by atoms with Gasteiger partial charge in [0.1, 0.15) is 5.75 Å². The summed E-state index contributed by atoms with van der Waals surface area (Å²) in [7, 11) is 1.53. The zero-order valence-electron chi connectivity index (χ0n) is 20.5. The molecule has 0 bridgehead atoms. The number of piperazine rings is 1. The van der Waals surface area contributed by atoms with E-state index in [2.05, 4.69) is 31.5 Å². The Morgan fingerprint density at radius 3 is 2.33 bits per heavy atom. The number of anilines is 2. The number of hydrogen-bond donors (Lipinski definition) is 2. The van der Waals surface area contributed by atoms with Gasteiger partial charge in [-0.2, -0.15) is 0 Å². The molecular formula is C27H29BrN4O3S. The number of fused-ring (bicyclic) bond motifs is 1. The number of methoxy groups -OCH3 is 1. The molecule has 0 atom stereocenters. The van der Waals surface area contributed by atoms with Crippen LogP contribution in [0.4, 0.5) is 11.4 Å². The fraction of sp³-hybridized carbons (Fsp3) is 0.296. The Hall–Kier alpha value is -3.17. The minimum atomic E-state index is -0.360. The van der Waals surface area contributed by atoms with Gasteiger partial charge in [0.2, 0.25) is 5.91 Å². The molecule has 1 saturated heterocycles. The van der Waals surface area contributed by atoms with Crippen molar-refractivity contribution in [1.82, 2.24) is 10.2 Å². The first kappa shape index (κ1) is 25.9. The summed E-state index contributed by atoms with van der Waals surface area (Å²) in [5.74, 6) is 0.322. The molecule has 36 heavy (non-hydrogen) atoms. The molecule has 1 aliphatic heterocycles. The van der Waals surface area contributed by atoms with E-state index in [1.807, 2.05) is 67.3 Å². The van der Waals surface area contributed by atoms with Gasteiger partial charge < -0.3 is 19.9 Å². The monoisotopic (exact) mass is 568 g/mol. The van der Waals surface area contributed by atoms with Crippen LogP contribution >= 0.6 is 28.1 Å². The normalized spacial score (nSPS) is 13.6. The highest BCUT2D eigenvalue weighted by molar-refractivity contribution is 9.10. The number of rotatable bonds is 5. The van der Waals surface area contributed by atoms with E-state index < -0.39 is 0 Å².